The number of alkyl carbamates (subject to hydrolysis) is 1. The van der Waals surface area contributed by atoms with Crippen molar-refractivity contribution in [1.82, 2.24) is 20.0 Å². The van der Waals surface area contributed by atoms with Crippen molar-refractivity contribution in [3.05, 3.63) is 76.3 Å². The summed E-state index contributed by atoms with van der Waals surface area (Å²) in [5.41, 5.74) is 3.19. The number of hydrogen-bond donors (Lipinski definition) is 2. The van der Waals surface area contributed by atoms with E-state index >= 15 is 0 Å². The van der Waals surface area contributed by atoms with Crippen LogP contribution < -0.4 is 10.6 Å². The third kappa shape index (κ3) is 5.37. The number of nitrogens with one attached hydrogen (secondary N) is 2. The molecule has 0 aliphatic carbocycles. The normalized spacial score (nSPS) is 20.1. The van der Waals surface area contributed by atoms with E-state index in [2.05, 4.69) is 20.6 Å². The second kappa shape index (κ2) is 10.3. The third-order valence-corrected chi connectivity index (χ3v) is 7.07. The molecule has 2 aliphatic heterocycles. The maximum atomic E-state index is 13.2. The Morgan fingerprint density at radius 3 is 2.81 bits per heavy atom. The number of anilines is 1. The summed E-state index contributed by atoms with van der Waals surface area (Å²) >= 11 is 6.58. The van der Waals surface area contributed by atoms with Crippen LogP contribution in [0.1, 0.15) is 34.5 Å². The fourth-order valence-corrected chi connectivity index (χ4v) is 5.05. The van der Waals surface area contributed by atoms with Crippen LogP contribution in [-0.4, -0.2) is 52.4 Å². The summed E-state index contributed by atoms with van der Waals surface area (Å²) in [6, 6.07) is 11.4. The second-order valence-corrected chi connectivity index (χ2v) is 9.68. The zero-order valence-electron chi connectivity index (χ0n) is 19.8. The van der Waals surface area contributed by atoms with Crippen molar-refractivity contribution < 1.29 is 18.7 Å². The first-order valence-corrected chi connectivity index (χ1v) is 12.3. The van der Waals surface area contributed by atoms with Gasteiger partial charge in [-0.25, -0.2) is 13.9 Å². The maximum Gasteiger partial charge on any atom is 0.407 e. The van der Waals surface area contributed by atoms with Gasteiger partial charge < -0.3 is 15.4 Å². The van der Waals surface area contributed by atoms with Crippen molar-refractivity contribution in [3.63, 3.8) is 0 Å². The standard InChI is InChI=1S/C26H27ClFN5O3/c1-16-22(15-33(31-16)21-8-5-19(28)6-9-21)25(34)30-20-7-4-17(23(27)11-20)13-32-10-2-3-18(14-32)24-12-29-26(35)36-24/h4-9,11,15,18,24H,2-3,10,12-14H2,1H3,(H,29,35)(H,30,34). The molecule has 36 heavy (non-hydrogen) atoms. The number of aromatic nitrogens is 2. The SMILES string of the molecule is Cc1nn(-c2ccc(F)cc2)cc1C(=O)Nc1ccc(CN2CCCC(C3CNC(=O)O3)C2)c(Cl)c1. The predicted octanol–water partition coefficient (Wildman–Crippen LogP) is 4.55. The highest BCUT2D eigenvalue weighted by atomic mass is 35.5. The van der Waals surface area contributed by atoms with Crippen LogP contribution in [0.15, 0.2) is 48.7 Å². The van der Waals surface area contributed by atoms with Gasteiger partial charge in [0.25, 0.3) is 5.91 Å². The van der Waals surface area contributed by atoms with Crippen molar-refractivity contribution in [3.8, 4) is 5.69 Å². The molecule has 2 saturated heterocycles. The van der Waals surface area contributed by atoms with Gasteiger partial charge >= 0.3 is 6.09 Å². The number of nitrogens with zero attached hydrogens (tertiary/aromatic N) is 3. The number of cyclic esters (lactones) is 1. The number of carbonyl (C=O) groups excluding carboxylic acids is 2. The predicted molar refractivity (Wildman–Crippen MR) is 134 cm³/mol. The molecule has 3 aromatic rings. The minimum atomic E-state index is -0.337. The Bertz CT molecular complexity index is 1280. The van der Waals surface area contributed by atoms with E-state index in [1.165, 1.54) is 12.1 Å². The summed E-state index contributed by atoms with van der Waals surface area (Å²) in [5.74, 6) is -0.338. The van der Waals surface area contributed by atoms with Gasteiger partial charge in [-0.3, -0.25) is 9.69 Å². The van der Waals surface area contributed by atoms with E-state index in [4.69, 9.17) is 16.3 Å². The summed E-state index contributed by atoms with van der Waals surface area (Å²) in [4.78, 5) is 26.6. The number of amides is 2. The van der Waals surface area contributed by atoms with Gasteiger partial charge in [-0.15, -0.1) is 0 Å². The summed E-state index contributed by atoms with van der Waals surface area (Å²) < 4.78 is 20.2. The van der Waals surface area contributed by atoms with E-state index < -0.39 is 0 Å². The summed E-state index contributed by atoms with van der Waals surface area (Å²) in [6.45, 7) is 4.79. The number of aryl methyl sites for hydroxylation is 1. The maximum absolute atomic E-state index is 13.2. The molecule has 2 aliphatic rings. The monoisotopic (exact) mass is 511 g/mol. The van der Waals surface area contributed by atoms with Crippen molar-refractivity contribution in [1.29, 1.82) is 0 Å². The molecule has 3 heterocycles. The number of piperidine rings is 1. The largest absolute Gasteiger partial charge is 0.444 e. The Morgan fingerprint density at radius 1 is 1.28 bits per heavy atom. The number of likely N-dealkylation sites (tertiary alicyclic amines) is 1. The molecule has 0 radical (unpaired) electrons. The van der Waals surface area contributed by atoms with Gasteiger partial charge in [0.2, 0.25) is 0 Å². The molecule has 10 heteroatoms. The molecule has 0 saturated carbocycles. The Labute approximate surface area is 213 Å². The van der Waals surface area contributed by atoms with E-state index in [0.717, 1.165) is 31.5 Å². The summed E-state index contributed by atoms with van der Waals surface area (Å²) in [7, 11) is 0. The zero-order chi connectivity index (χ0) is 25.2. The smallest absolute Gasteiger partial charge is 0.407 e. The minimum absolute atomic E-state index is 0.0794. The van der Waals surface area contributed by atoms with Crippen molar-refractivity contribution in [2.75, 3.05) is 25.0 Å². The molecule has 5 rings (SSSR count). The van der Waals surface area contributed by atoms with Crippen LogP contribution in [0.25, 0.3) is 5.69 Å². The molecule has 2 aromatic carbocycles. The van der Waals surface area contributed by atoms with Crippen LogP contribution in [0, 0.1) is 18.7 Å². The van der Waals surface area contributed by atoms with E-state index in [-0.39, 0.29) is 23.9 Å². The lowest BCUT2D eigenvalue weighted by Gasteiger charge is -2.34. The highest BCUT2D eigenvalue weighted by Crippen LogP contribution is 2.28. The lowest BCUT2D eigenvalue weighted by atomic mass is 9.92. The number of benzene rings is 2. The van der Waals surface area contributed by atoms with Crippen LogP contribution in [0.3, 0.4) is 0 Å². The van der Waals surface area contributed by atoms with Gasteiger partial charge in [0.1, 0.15) is 11.9 Å². The topological polar surface area (TPSA) is 88.5 Å². The Morgan fingerprint density at radius 2 is 2.08 bits per heavy atom. The van der Waals surface area contributed by atoms with E-state index in [1.807, 2.05) is 12.1 Å². The van der Waals surface area contributed by atoms with Crippen LogP contribution >= 0.6 is 11.6 Å². The fraction of sp³-hybridized carbons (Fsp3) is 0.346. The van der Waals surface area contributed by atoms with E-state index in [1.54, 1.807) is 36.0 Å². The molecule has 2 unspecified atom stereocenters. The van der Waals surface area contributed by atoms with Gasteiger partial charge in [0.15, 0.2) is 0 Å². The van der Waals surface area contributed by atoms with Gasteiger partial charge in [0.05, 0.1) is 23.5 Å². The lowest BCUT2D eigenvalue weighted by molar-refractivity contribution is 0.0578. The highest BCUT2D eigenvalue weighted by molar-refractivity contribution is 6.31. The van der Waals surface area contributed by atoms with Crippen molar-refractivity contribution in [2.45, 2.75) is 32.4 Å². The molecule has 2 atom stereocenters. The first-order valence-electron chi connectivity index (χ1n) is 11.9. The molecule has 0 spiro atoms. The molecule has 1 aromatic heterocycles. The van der Waals surface area contributed by atoms with Crippen LogP contribution in [-0.2, 0) is 11.3 Å². The third-order valence-electron chi connectivity index (χ3n) is 6.71. The quantitative estimate of drug-likeness (QED) is 0.507. The summed E-state index contributed by atoms with van der Waals surface area (Å²) in [5, 5.41) is 10.6. The number of rotatable bonds is 6. The number of ether oxygens (including phenoxy) is 1. The minimum Gasteiger partial charge on any atom is -0.444 e. The van der Waals surface area contributed by atoms with Gasteiger partial charge in [0, 0.05) is 35.9 Å². The van der Waals surface area contributed by atoms with E-state index in [0.29, 0.717) is 46.7 Å². The second-order valence-electron chi connectivity index (χ2n) is 9.27. The Kier molecular flexibility index (Phi) is 6.93. The average molecular weight is 512 g/mol. The van der Waals surface area contributed by atoms with Gasteiger partial charge in [-0.2, -0.15) is 5.10 Å². The molecule has 188 valence electrons. The number of carbonyl (C=O) groups is 2. The van der Waals surface area contributed by atoms with Gasteiger partial charge in [-0.1, -0.05) is 17.7 Å². The van der Waals surface area contributed by atoms with Crippen LogP contribution in [0.5, 0.6) is 0 Å². The molecular formula is C26H27ClFN5O3. The molecule has 8 nitrogen and oxygen atoms in total. The van der Waals surface area contributed by atoms with Gasteiger partial charge in [-0.05, 0) is 68.3 Å². The van der Waals surface area contributed by atoms with Crippen LogP contribution in [0.4, 0.5) is 14.9 Å². The van der Waals surface area contributed by atoms with E-state index in [9.17, 15) is 14.0 Å². The lowest BCUT2D eigenvalue weighted by Crippen LogP contribution is -2.41. The average Bonchev–Trinajstić information content (AvgIpc) is 3.47. The van der Waals surface area contributed by atoms with Crippen molar-refractivity contribution in [2.24, 2.45) is 5.92 Å². The first kappa shape index (κ1) is 24.3. The summed E-state index contributed by atoms with van der Waals surface area (Å²) in [6.07, 6.45) is 3.28. The highest BCUT2D eigenvalue weighted by Gasteiger charge is 2.33. The Balaban J connectivity index is 1.22. The molecular weight excluding hydrogens is 485 g/mol. The molecule has 2 amide bonds. The number of hydrogen-bond acceptors (Lipinski definition) is 5. The molecule has 0 bridgehead atoms. The Hall–Kier alpha value is -3.43. The number of halogens is 2. The molecule has 2 fully saturated rings. The van der Waals surface area contributed by atoms with Crippen LogP contribution in [0.2, 0.25) is 5.02 Å². The fourth-order valence-electron chi connectivity index (χ4n) is 4.81. The molecule has 2 N–H and O–H groups in total. The zero-order valence-corrected chi connectivity index (χ0v) is 20.6. The first-order chi connectivity index (χ1) is 17.4. The van der Waals surface area contributed by atoms with Crippen molar-refractivity contribution >= 4 is 29.3 Å².